The lowest BCUT2D eigenvalue weighted by atomic mass is 10.3. The van der Waals surface area contributed by atoms with Crippen LogP contribution in [-0.2, 0) is 19.6 Å². The number of methoxy groups -OCH3 is 1. The van der Waals surface area contributed by atoms with Gasteiger partial charge in [-0.2, -0.15) is 4.31 Å². The molecule has 1 saturated carbocycles. The van der Waals surface area contributed by atoms with Gasteiger partial charge < -0.3 is 4.74 Å². The molecule has 5 nitrogen and oxygen atoms in total. The topological polar surface area (TPSA) is 63.7 Å². The third kappa shape index (κ3) is 3.06. The molecular formula is C13H15F2NO4S. The lowest BCUT2D eigenvalue weighted by molar-refractivity contribution is -0.144. The number of carbonyl (C=O) groups excluding carboxylic acids is 1. The Kier molecular flexibility index (Phi) is 4.29. The van der Waals surface area contributed by atoms with Crippen LogP contribution in [0.5, 0.6) is 0 Å². The number of rotatable bonds is 5. The smallest absolute Gasteiger partial charge is 0.323 e. The van der Waals surface area contributed by atoms with Crippen LogP contribution >= 0.6 is 0 Å². The molecule has 0 N–H and O–H groups in total. The van der Waals surface area contributed by atoms with E-state index in [9.17, 15) is 22.0 Å². The van der Waals surface area contributed by atoms with Gasteiger partial charge in [0.1, 0.15) is 6.04 Å². The van der Waals surface area contributed by atoms with Crippen molar-refractivity contribution in [3.05, 3.63) is 29.8 Å². The number of nitrogens with zero attached hydrogens (tertiary/aromatic N) is 1. The summed E-state index contributed by atoms with van der Waals surface area (Å²) >= 11 is 0. The molecule has 0 aliphatic heterocycles. The Morgan fingerprint density at radius 3 is 2.43 bits per heavy atom. The molecule has 8 heteroatoms. The van der Waals surface area contributed by atoms with Crippen LogP contribution in [0.1, 0.15) is 19.8 Å². The fraction of sp³-hybridized carbons (Fsp3) is 0.462. The molecule has 0 spiro atoms. The lowest BCUT2D eigenvalue weighted by Gasteiger charge is -2.26. The fourth-order valence-corrected chi connectivity index (χ4v) is 3.92. The zero-order valence-electron chi connectivity index (χ0n) is 11.5. The number of carbonyl (C=O) groups is 1. The molecule has 116 valence electrons. The van der Waals surface area contributed by atoms with Crippen LogP contribution in [0.25, 0.3) is 0 Å². The van der Waals surface area contributed by atoms with Crippen LogP contribution in [0.4, 0.5) is 8.78 Å². The summed E-state index contributed by atoms with van der Waals surface area (Å²) in [5.41, 5.74) is 0. The van der Waals surface area contributed by atoms with Crippen LogP contribution in [0, 0.1) is 11.6 Å². The number of hydrogen-bond acceptors (Lipinski definition) is 4. The zero-order valence-corrected chi connectivity index (χ0v) is 12.4. The largest absolute Gasteiger partial charge is 0.468 e. The number of halogens is 2. The third-order valence-electron chi connectivity index (χ3n) is 3.30. The van der Waals surface area contributed by atoms with E-state index in [0.29, 0.717) is 18.9 Å². The minimum absolute atomic E-state index is 0.322. The molecule has 1 aromatic rings. The summed E-state index contributed by atoms with van der Waals surface area (Å²) in [6, 6.07) is 0.991. The minimum atomic E-state index is -4.11. The minimum Gasteiger partial charge on any atom is -0.468 e. The van der Waals surface area contributed by atoms with Gasteiger partial charge in [0.05, 0.1) is 12.0 Å². The highest BCUT2D eigenvalue weighted by atomic mass is 32.2. The molecule has 1 atom stereocenters. The van der Waals surface area contributed by atoms with Gasteiger partial charge in [-0.05, 0) is 38.0 Å². The van der Waals surface area contributed by atoms with E-state index in [4.69, 9.17) is 0 Å². The molecule has 1 aromatic carbocycles. The molecule has 0 bridgehead atoms. The molecule has 21 heavy (non-hydrogen) atoms. The Balaban J connectivity index is 2.42. The number of hydrogen-bond donors (Lipinski definition) is 0. The SMILES string of the molecule is COC(=O)[C@@H](C)N(C1CC1)S(=O)(=O)c1ccc(F)c(F)c1. The zero-order chi connectivity index (χ0) is 15.8. The van der Waals surface area contributed by atoms with E-state index >= 15 is 0 Å². The van der Waals surface area contributed by atoms with Crippen molar-refractivity contribution < 1.29 is 26.7 Å². The van der Waals surface area contributed by atoms with Crippen molar-refractivity contribution >= 4 is 16.0 Å². The summed E-state index contributed by atoms with van der Waals surface area (Å²) in [6.45, 7) is 1.40. The Hall–Kier alpha value is -1.54. The number of ether oxygens (including phenoxy) is 1. The van der Waals surface area contributed by atoms with E-state index in [2.05, 4.69) is 4.74 Å². The highest BCUT2D eigenvalue weighted by Crippen LogP contribution is 2.34. The Bertz CT molecular complexity index is 658. The maximum atomic E-state index is 13.3. The average molecular weight is 319 g/mol. The van der Waals surface area contributed by atoms with Gasteiger partial charge in [0.15, 0.2) is 11.6 Å². The van der Waals surface area contributed by atoms with Gasteiger partial charge in [0.25, 0.3) is 0 Å². The molecule has 1 aliphatic rings. The van der Waals surface area contributed by atoms with Gasteiger partial charge in [-0.3, -0.25) is 4.79 Å². The van der Waals surface area contributed by atoms with Crippen molar-refractivity contribution in [1.82, 2.24) is 4.31 Å². The Morgan fingerprint density at radius 1 is 1.33 bits per heavy atom. The molecule has 1 fully saturated rings. The number of esters is 1. The first-order valence-corrected chi connectivity index (χ1v) is 7.79. The highest BCUT2D eigenvalue weighted by Gasteiger charge is 2.44. The summed E-state index contributed by atoms with van der Waals surface area (Å²) < 4.78 is 56.9. The van der Waals surface area contributed by atoms with E-state index in [1.807, 2.05) is 0 Å². The summed E-state index contributed by atoms with van der Waals surface area (Å²) in [5, 5.41) is 0. The number of sulfonamides is 1. The summed E-state index contributed by atoms with van der Waals surface area (Å²) in [5.74, 6) is -3.08. The van der Waals surface area contributed by atoms with Crippen LogP contribution in [0.15, 0.2) is 23.1 Å². The second-order valence-corrected chi connectivity index (χ2v) is 6.68. The maximum Gasteiger partial charge on any atom is 0.323 e. The van der Waals surface area contributed by atoms with Crippen LogP contribution in [0.3, 0.4) is 0 Å². The summed E-state index contributed by atoms with van der Waals surface area (Å²) in [7, 11) is -2.94. The molecule has 0 amide bonds. The van der Waals surface area contributed by atoms with E-state index in [1.165, 1.54) is 6.92 Å². The quantitative estimate of drug-likeness (QED) is 0.775. The number of benzene rings is 1. The second kappa shape index (κ2) is 5.69. The molecule has 2 rings (SSSR count). The molecule has 1 aliphatic carbocycles. The van der Waals surface area contributed by atoms with Crippen molar-refractivity contribution in [2.75, 3.05) is 7.11 Å². The van der Waals surface area contributed by atoms with Gasteiger partial charge in [-0.25, -0.2) is 17.2 Å². The van der Waals surface area contributed by atoms with Crippen LogP contribution in [0.2, 0.25) is 0 Å². The average Bonchev–Trinajstić information content (AvgIpc) is 3.25. The monoisotopic (exact) mass is 319 g/mol. The standard InChI is InChI=1S/C13H15F2NO4S/c1-8(13(17)20-2)16(9-3-4-9)21(18,19)10-5-6-11(14)12(15)7-10/h5-9H,3-4H2,1-2H3/t8-/m1/s1. The second-order valence-electron chi connectivity index (χ2n) is 4.84. The van der Waals surface area contributed by atoms with Gasteiger partial charge in [-0.15, -0.1) is 0 Å². The van der Waals surface area contributed by atoms with E-state index in [1.54, 1.807) is 0 Å². The van der Waals surface area contributed by atoms with Crippen LogP contribution < -0.4 is 0 Å². The first kappa shape index (κ1) is 15.8. The lowest BCUT2D eigenvalue weighted by Crippen LogP contribution is -2.45. The highest BCUT2D eigenvalue weighted by molar-refractivity contribution is 7.89. The first-order valence-electron chi connectivity index (χ1n) is 6.35. The molecule has 0 saturated heterocycles. The van der Waals surface area contributed by atoms with Gasteiger partial charge >= 0.3 is 5.97 Å². The summed E-state index contributed by atoms with van der Waals surface area (Å²) in [6.07, 6.45) is 1.23. The Labute approximate surface area is 121 Å². The van der Waals surface area contributed by atoms with Gasteiger partial charge in [0, 0.05) is 6.04 Å². The first-order chi connectivity index (χ1) is 9.78. The predicted molar refractivity (Wildman–Crippen MR) is 69.9 cm³/mol. The van der Waals surface area contributed by atoms with Gasteiger partial charge in [-0.1, -0.05) is 0 Å². The van der Waals surface area contributed by atoms with Crippen molar-refractivity contribution in [3.63, 3.8) is 0 Å². The normalized spacial score (nSPS) is 16.8. The van der Waals surface area contributed by atoms with E-state index in [-0.39, 0.29) is 10.9 Å². The third-order valence-corrected chi connectivity index (χ3v) is 5.32. The fourth-order valence-electron chi connectivity index (χ4n) is 2.08. The van der Waals surface area contributed by atoms with E-state index in [0.717, 1.165) is 23.5 Å². The van der Waals surface area contributed by atoms with Crippen LogP contribution in [-0.4, -0.2) is 37.9 Å². The van der Waals surface area contributed by atoms with Crippen molar-refractivity contribution in [2.24, 2.45) is 0 Å². The molecule has 0 unspecified atom stereocenters. The maximum absolute atomic E-state index is 13.3. The van der Waals surface area contributed by atoms with Gasteiger partial charge in [0.2, 0.25) is 10.0 Å². The van der Waals surface area contributed by atoms with E-state index < -0.39 is 33.7 Å². The van der Waals surface area contributed by atoms with Crippen molar-refractivity contribution in [2.45, 2.75) is 36.7 Å². The van der Waals surface area contributed by atoms with Crippen molar-refractivity contribution in [1.29, 1.82) is 0 Å². The molecular weight excluding hydrogens is 304 g/mol. The summed E-state index contributed by atoms with van der Waals surface area (Å²) in [4.78, 5) is 11.2. The Morgan fingerprint density at radius 2 is 1.95 bits per heavy atom. The molecule has 0 aromatic heterocycles. The molecule has 0 heterocycles. The van der Waals surface area contributed by atoms with Crippen molar-refractivity contribution in [3.8, 4) is 0 Å². The predicted octanol–water partition coefficient (Wildman–Crippen LogP) is 1.68. The molecule has 0 radical (unpaired) electrons.